The van der Waals surface area contributed by atoms with Gasteiger partial charge in [-0.1, -0.05) is 73.7 Å². The summed E-state index contributed by atoms with van der Waals surface area (Å²) in [7, 11) is 0. The Kier molecular flexibility index (Phi) is 3.75. The molecule has 0 bridgehead atoms. The molecule has 5 aromatic carbocycles. The van der Waals surface area contributed by atoms with Gasteiger partial charge in [0, 0.05) is 5.56 Å². The zero-order valence-corrected chi connectivity index (χ0v) is 15.2. The summed E-state index contributed by atoms with van der Waals surface area (Å²) in [5.41, 5.74) is 6.60. The molecule has 27 heavy (non-hydrogen) atoms. The molecule has 0 spiro atoms. The molecule has 0 saturated heterocycles. The van der Waals surface area contributed by atoms with E-state index in [1.165, 1.54) is 37.9 Å². The Hall–Kier alpha value is -3.39. The predicted octanol–water partition coefficient (Wildman–Crippen LogP) is 6.59. The van der Waals surface area contributed by atoms with Crippen LogP contribution >= 0.6 is 0 Å². The van der Waals surface area contributed by atoms with Crippen molar-refractivity contribution < 1.29 is 0 Å². The van der Waals surface area contributed by atoms with E-state index in [4.69, 9.17) is 0 Å². The fourth-order valence-corrected chi connectivity index (χ4v) is 3.86. The minimum absolute atomic E-state index is 1.00. The molecule has 0 aliphatic carbocycles. The number of hydrazone groups is 1. The lowest BCUT2D eigenvalue weighted by Gasteiger charge is -2.12. The van der Waals surface area contributed by atoms with Gasteiger partial charge < -0.3 is 0 Å². The van der Waals surface area contributed by atoms with E-state index >= 15 is 0 Å². The lowest BCUT2D eigenvalue weighted by Crippen LogP contribution is -1.93. The van der Waals surface area contributed by atoms with Crippen molar-refractivity contribution in [2.45, 2.75) is 13.3 Å². The molecule has 0 atom stereocenters. The van der Waals surface area contributed by atoms with E-state index in [-0.39, 0.29) is 0 Å². The van der Waals surface area contributed by atoms with Crippen LogP contribution in [0.15, 0.2) is 84.0 Å². The molecular weight excluding hydrogens is 328 g/mol. The first kappa shape index (κ1) is 15.8. The number of aryl methyl sites for hydroxylation is 1. The van der Waals surface area contributed by atoms with Gasteiger partial charge in [0.1, 0.15) is 0 Å². The molecule has 0 amide bonds. The average Bonchev–Trinajstić information content (AvgIpc) is 2.73. The fraction of sp³-hybridized carbons (Fsp3) is 0.0800. The van der Waals surface area contributed by atoms with Crippen LogP contribution in [0.1, 0.15) is 18.1 Å². The van der Waals surface area contributed by atoms with E-state index in [0.717, 1.165) is 17.7 Å². The van der Waals surface area contributed by atoms with Crippen molar-refractivity contribution in [3.8, 4) is 0 Å². The van der Waals surface area contributed by atoms with Crippen molar-refractivity contribution >= 4 is 44.2 Å². The number of rotatable bonds is 4. The normalized spacial score (nSPS) is 11.9. The van der Waals surface area contributed by atoms with Crippen molar-refractivity contribution in [1.82, 2.24) is 0 Å². The highest BCUT2D eigenvalue weighted by Gasteiger charge is 2.09. The number of hydrogen-bond acceptors (Lipinski definition) is 2. The molecule has 2 heteroatoms. The Morgan fingerprint density at radius 2 is 1.41 bits per heavy atom. The topological polar surface area (TPSA) is 24.4 Å². The van der Waals surface area contributed by atoms with Crippen LogP contribution in [0.25, 0.3) is 32.3 Å². The Balaban J connectivity index is 1.56. The molecule has 130 valence electrons. The third kappa shape index (κ3) is 2.70. The molecule has 0 aliphatic heterocycles. The smallest absolute Gasteiger partial charge is 0.0561 e. The van der Waals surface area contributed by atoms with Crippen LogP contribution in [0.3, 0.4) is 0 Å². The average molecular weight is 348 g/mol. The van der Waals surface area contributed by atoms with Gasteiger partial charge in [-0.3, -0.25) is 5.43 Å². The molecule has 5 aromatic rings. The summed E-state index contributed by atoms with van der Waals surface area (Å²) >= 11 is 0. The number of anilines is 1. The van der Waals surface area contributed by atoms with E-state index in [0.29, 0.717) is 0 Å². The second kappa shape index (κ2) is 6.40. The number of nitrogens with one attached hydrogen (secondary N) is 1. The number of hydrogen-bond donors (Lipinski definition) is 1. The minimum atomic E-state index is 1.00. The summed E-state index contributed by atoms with van der Waals surface area (Å²) in [6.07, 6.45) is 2.96. The molecule has 2 nitrogen and oxygen atoms in total. The van der Waals surface area contributed by atoms with Gasteiger partial charge in [0.2, 0.25) is 0 Å². The van der Waals surface area contributed by atoms with Crippen LogP contribution in [0.2, 0.25) is 0 Å². The highest BCUT2D eigenvalue weighted by molar-refractivity contribution is 6.25. The summed E-state index contributed by atoms with van der Waals surface area (Å²) in [5, 5.41) is 12.2. The number of nitrogens with zero attached hydrogens (tertiary/aromatic N) is 1. The summed E-state index contributed by atoms with van der Waals surface area (Å²) in [5.74, 6) is 0. The summed E-state index contributed by atoms with van der Waals surface area (Å²) in [6, 6.07) is 28.1. The zero-order chi connectivity index (χ0) is 18.2. The zero-order valence-electron chi connectivity index (χ0n) is 15.2. The van der Waals surface area contributed by atoms with E-state index in [1.54, 1.807) is 0 Å². The molecule has 0 unspecified atom stereocenters. The maximum absolute atomic E-state index is 4.47. The Morgan fingerprint density at radius 1 is 0.741 bits per heavy atom. The Bertz CT molecular complexity index is 1250. The standard InChI is InChI=1S/C25H20N2/c1-2-17-6-13-22(14-7-17)27-26-16-21-11-10-20-9-8-18-4-3-5-19-12-15-23(21)25(20)24(18)19/h3-16,27H,2H2,1H3/b26-16+. The molecular formula is C25H20N2. The van der Waals surface area contributed by atoms with E-state index in [1.807, 2.05) is 6.21 Å². The van der Waals surface area contributed by atoms with Crippen molar-refractivity contribution in [2.75, 3.05) is 5.43 Å². The van der Waals surface area contributed by atoms with Crippen molar-refractivity contribution in [2.24, 2.45) is 5.10 Å². The van der Waals surface area contributed by atoms with Gasteiger partial charge in [-0.05, 0) is 56.4 Å². The lowest BCUT2D eigenvalue weighted by atomic mass is 9.92. The first-order chi connectivity index (χ1) is 13.3. The summed E-state index contributed by atoms with van der Waals surface area (Å²) in [6.45, 7) is 2.16. The highest BCUT2D eigenvalue weighted by Crippen LogP contribution is 2.35. The molecule has 0 saturated carbocycles. The van der Waals surface area contributed by atoms with Crippen LogP contribution in [0, 0.1) is 0 Å². The quantitative estimate of drug-likeness (QED) is 0.221. The molecule has 0 aromatic heterocycles. The summed E-state index contributed by atoms with van der Waals surface area (Å²) < 4.78 is 0. The second-order valence-electron chi connectivity index (χ2n) is 6.93. The van der Waals surface area contributed by atoms with Crippen LogP contribution in [-0.2, 0) is 6.42 Å². The highest BCUT2D eigenvalue weighted by atomic mass is 15.3. The van der Waals surface area contributed by atoms with Crippen LogP contribution in [0.5, 0.6) is 0 Å². The SMILES string of the molecule is CCc1ccc(N/N=C/c2ccc3ccc4cccc5ccc2c3c45)cc1. The van der Waals surface area contributed by atoms with Gasteiger partial charge in [0.25, 0.3) is 0 Å². The van der Waals surface area contributed by atoms with Crippen LogP contribution < -0.4 is 5.43 Å². The predicted molar refractivity (Wildman–Crippen MR) is 117 cm³/mol. The molecule has 5 rings (SSSR count). The Morgan fingerprint density at radius 3 is 2.15 bits per heavy atom. The maximum Gasteiger partial charge on any atom is 0.0561 e. The summed E-state index contributed by atoms with van der Waals surface area (Å²) in [4.78, 5) is 0. The minimum Gasteiger partial charge on any atom is -0.279 e. The van der Waals surface area contributed by atoms with Gasteiger partial charge in [0.05, 0.1) is 11.9 Å². The van der Waals surface area contributed by atoms with Gasteiger partial charge >= 0.3 is 0 Å². The molecule has 0 radical (unpaired) electrons. The third-order valence-corrected chi connectivity index (χ3v) is 5.32. The van der Waals surface area contributed by atoms with Gasteiger partial charge in [-0.2, -0.15) is 5.10 Å². The number of benzene rings is 5. The molecule has 0 aliphatic rings. The van der Waals surface area contributed by atoms with E-state index < -0.39 is 0 Å². The monoisotopic (exact) mass is 348 g/mol. The first-order valence-electron chi connectivity index (χ1n) is 9.38. The maximum atomic E-state index is 4.47. The molecule has 0 heterocycles. The van der Waals surface area contributed by atoms with Crippen molar-refractivity contribution in [1.29, 1.82) is 0 Å². The lowest BCUT2D eigenvalue weighted by molar-refractivity contribution is 1.14. The van der Waals surface area contributed by atoms with Gasteiger partial charge in [-0.15, -0.1) is 0 Å². The van der Waals surface area contributed by atoms with E-state index in [2.05, 4.69) is 96.3 Å². The van der Waals surface area contributed by atoms with Crippen molar-refractivity contribution in [3.63, 3.8) is 0 Å². The van der Waals surface area contributed by atoms with Gasteiger partial charge in [-0.25, -0.2) is 0 Å². The third-order valence-electron chi connectivity index (χ3n) is 5.32. The molecule has 1 N–H and O–H groups in total. The largest absolute Gasteiger partial charge is 0.279 e. The first-order valence-corrected chi connectivity index (χ1v) is 9.38. The second-order valence-corrected chi connectivity index (χ2v) is 6.93. The van der Waals surface area contributed by atoms with E-state index in [9.17, 15) is 0 Å². The molecule has 0 fully saturated rings. The van der Waals surface area contributed by atoms with Crippen molar-refractivity contribution in [3.05, 3.63) is 90.0 Å². The van der Waals surface area contributed by atoms with Crippen LogP contribution in [0.4, 0.5) is 5.69 Å². The fourth-order valence-electron chi connectivity index (χ4n) is 3.86. The van der Waals surface area contributed by atoms with Gasteiger partial charge in [0.15, 0.2) is 0 Å². The van der Waals surface area contributed by atoms with Crippen LogP contribution in [-0.4, -0.2) is 6.21 Å². The Labute approximate surface area is 158 Å².